The Labute approximate surface area is 224 Å². The Balaban J connectivity index is 1.39. The standard InChI is InChI=1S/C33H33NO4/c1-3-12-27-31(17-10-18-32(27)38-30-16-9-8-15-26(30)23-34)36-19-11-20-37-33-22-29(35)28(21-24(33)4-2)25-13-6-5-7-14-25/h5-10,13-18,21-22,35H,3-4,11-12,19-20H2,1-2H3. The van der Waals surface area contributed by atoms with Crippen LogP contribution in [0.2, 0.25) is 0 Å². The molecule has 194 valence electrons. The van der Waals surface area contributed by atoms with Gasteiger partial charge in [0.1, 0.15) is 34.8 Å². The highest BCUT2D eigenvalue weighted by Gasteiger charge is 2.14. The second-order valence-corrected chi connectivity index (χ2v) is 8.94. The number of benzene rings is 4. The first kappa shape index (κ1) is 26.6. The van der Waals surface area contributed by atoms with Gasteiger partial charge < -0.3 is 19.3 Å². The zero-order valence-corrected chi connectivity index (χ0v) is 21.9. The molecular weight excluding hydrogens is 474 g/mol. The largest absolute Gasteiger partial charge is 0.507 e. The molecule has 0 saturated carbocycles. The SMILES string of the molecule is CCCc1c(OCCCOc2cc(O)c(-c3ccccc3)cc2CC)cccc1Oc1ccccc1C#N. The van der Waals surface area contributed by atoms with Crippen LogP contribution in [0.1, 0.15) is 43.4 Å². The van der Waals surface area contributed by atoms with E-state index in [4.69, 9.17) is 14.2 Å². The fourth-order valence-electron chi connectivity index (χ4n) is 4.34. The maximum Gasteiger partial charge on any atom is 0.145 e. The summed E-state index contributed by atoms with van der Waals surface area (Å²) in [6.07, 6.45) is 3.21. The average molecular weight is 508 g/mol. The van der Waals surface area contributed by atoms with Crippen molar-refractivity contribution in [2.45, 2.75) is 39.5 Å². The van der Waals surface area contributed by atoms with Gasteiger partial charge in [-0.3, -0.25) is 0 Å². The van der Waals surface area contributed by atoms with Gasteiger partial charge in [0.05, 0.1) is 18.8 Å². The van der Waals surface area contributed by atoms with E-state index in [0.29, 0.717) is 42.4 Å². The van der Waals surface area contributed by atoms with E-state index in [1.54, 1.807) is 18.2 Å². The first-order chi connectivity index (χ1) is 18.6. The van der Waals surface area contributed by atoms with Gasteiger partial charge in [0.15, 0.2) is 0 Å². The summed E-state index contributed by atoms with van der Waals surface area (Å²) in [6.45, 7) is 5.13. The third-order valence-electron chi connectivity index (χ3n) is 6.27. The van der Waals surface area contributed by atoms with E-state index >= 15 is 0 Å². The molecule has 0 aromatic heterocycles. The van der Waals surface area contributed by atoms with Crippen LogP contribution in [0.25, 0.3) is 11.1 Å². The number of hydrogen-bond donors (Lipinski definition) is 1. The number of nitrogens with zero attached hydrogens (tertiary/aromatic N) is 1. The molecule has 4 aromatic rings. The van der Waals surface area contributed by atoms with E-state index in [9.17, 15) is 10.4 Å². The smallest absolute Gasteiger partial charge is 0.145 e. The zero-order valence-electron chi connectivity index (χ0n) is 21.9. The van der Waals surface area contributed by atoms with Crippen LogP contribution in [0.15, 0.2) is 84.9 Å². The van der Waals surface area contributed by atoms with Gasteiger partial charge in [-0.2, -0.15) is 5.26 Å². The Kier molecular flexibility index (Phi) is 9.26. The van der Waals surface area contributed by atoms with E-state index in [-0.39, 0.29) is 5.75 Å². The highest BCUT2D eigenvalue weighted by Crippen LogP contribution is 2.36. The topological polar surface area (TPSA) is 71.7 Å². The molecule has 0 saturated heterocycles. The summed E-state index contributed by atoms with van der Waals surface area (Å²) >= 11 is 0. The van der Waals surface area contributed by atoms with Crippen LogP contribution in [0.5, 0.6) is 28.7 Å². The Morgan fingerprint density at radius 3 is 2.18 bits per heavy atom. The number of phenols is 1. The van der Waals surface area contributed by atoms with Crippen LogP contribution in [0.4, 0.5) is 0 Å². The summed E-state index contributed by atoms with van der Waals surface area (Å²) in [6, 6.07) is 28.7. The molecule has 1 N–H and O–H groups in total. The summed E-state index contributed by atoms with van der Waals surface area (Å²) in [5.74, 6) is 2.91. The molecule has 0 unspecified atom stereocenters. The molecule has 5 heteroatoms. The first-order valence-electron chi connectivity index (χ1n) is 13.1. The van der Waals surface area contributed by atoms with Crippen molar-refractivity contribution in [2.24, 2.45) is 0 Å². The van der Waals surface area contributed by atoms with Gasteiger partial charge in [0, 0.05) is 23.6 Å². The maximum absolute atomic E-state index is 10.6. The molecule has 0 heterocycles. The number of hydrogen-bond acceptors (Lipinski definition) is 5. The number of aryl methyl sites for hydroxylation is 1. The Hall–Kier alpha value is -4.43. The van der Waals surface area contributed by atoms with Gasteiger partial charge >= 0.3 is 0 Å². The second-order valence-electron chi connectivity index (χ2n) is 8.94. The number of ether oxygens (including phenoxy) is 3. The molecule has 38 heavy (non-hydrogen) atoms. The lowest BCUT2D eigenvalue weighted by atomic mass is 10.00. The molecule has 0 bridgehead atoms. The molecule has 0 aliphatic carbocycles. The summed E-state index contributed by atoms with van der Waals surface area (Å²) in [4.78, 5) is 0. The molecule has 0 radical (unpaired) electrons. The fourth-order valence-corrected chi connectivity index (χ4v) is 4.34. The summed E-state index contributed by atoms with van der Waals surface area (Å²) in [7, 11) is 0. The van der Waals surface area contributed by atoms with Crippen molar-refractivity contribution in [3.8, 4) is 45.9 Å². The predicted molar refractivity (Wildman–Crippen MR) is 150 cm³/mol. The molecule has 5 nitrogen and oxygen atoms in total. The van der Waals surface area contributed by atoms with Crippen molar-refractivity contribution >= 4 is 0 Å². The minimum atomic E-state index is 0.207. The minimum absolute atomic E-state index is 0.207. The molecule has 0 amide bonds. The van der Waals surface area contributed by atoms with Gasteiger partial charge in [-0.15, -0.1) is 0 Å². The van der Waals surface area contributed by atoms with Crippen LogP contribution in [0, 0.1) is 11.3 Å². The fraction of sp³-hybridized carbons (Fsp3) is 0.242. The molecule has 0 spiro atoms. The number of aromatic hydroxyl groups is 1. The lowest BCUT2D eigenvalue weighted by Gasteiger charge is -2.17. The lowest BCUT2D eigenvalue weighted by Crippen LogP contribution is -2.07. The van der Waals surface area contributed by atoms with Crippen molar-refractivity contribution < 1.29 is 19.3 Å². The third kappa shape index (κ3) is 6.46. The van der Waals surface area contributed by atoms with Crippen molar-refractivity contribution in [1.29, 1.82) is 5.26 Å². The highest BCUT2D eigenvalue weighted by molar-refractivity contribution is 5.72. The normalized spacial score (nSPS) is 10.6. The molecule has 4 rings (SSSR count). The van der Waals surface area contributed by atoms with Gasteiger partial charge in [0.2, 0.25) is 0 Å². The monoisotopic (exact) mass is 507 g/mol. The van der Waals surface area contributed by atoms with Crippen LogP contribution in [0.3, 0.4) is 0 Å². The van der Waals surface area contributed by atoms with Crippen LogP contribution >= 0.6 is 0 Å². The average Bonchev–Trinajstić information content (AvgIpc) is 2.95. The molecule has 0 atom stereocenters. The number of nitriles is 1. The van der Waals surface area contributed by atoms with Crippen molar-refractivity contribution in [2.75, 3.05) is 13.2 Å². The molecule has 4 aromatic carbocycles. The van der Waals surface area contributed by atoms with Gasteiger partial charge in [-0.25, -0.2) is 0 Å². The van der Waals surface area contributed by atoms with E-state index in [1.807, 2.05) is 66.7 Å². The number of para-hydroxylation sites is 1. The highest BCUT2D eigenvalue weighted by atomic mass is 16.5. The maximum atomic E-state index is 10.6. The summed E-state index contributed by atoms with van der Waals surface area (Å²) < 4.78 is 18.3. The molecular formula is C33H33NO4. The zero-order chi connectivity index (χ0) is 26.7. The number of phenolic OH excluding ortho intramolecular Hbond substituents is 1. The summed E-state index contributed by atoms with van der Waals surface area (Å²) in [5, 5.41) is 20.0. The number of rotatable bonds is 12. The summed E-state index contributed by atoms with van der Waals surface area (Å²) in [5.41, 5.74) is 4.31. The second kappa shape index (κ2) is 13.2. The van der Waals surface area contributed by atoms with E-state index in [2.05, 4.69) is 19.9 Å². The van der Waals surface area contributed by atoms with E-state index in [1.165, 1.54) is 0 Å². The predicted octanol–water partition coefficient (Wildman–Crippen LogP) is 8.09. The molecule has 0 aliphatic rings. The Morgan fingerprint density at radius 2 is 1.45 bits per heavy atom. The van der Waals surface area contributed by atoms with Gasteiger partial charge in [0.25, 0.3) is 0 Å². The lowest BCUT2D eigenvalue weighted by molar-refractivity contribution is 0.244. The van der Waals surface area contributed by atoms with Crippen LogP contribution in [-0.2, 0) is 12.8 Å². The minimum Gasteiger partial charge on any atom is -0.507 e. The quantitative estimate of drug-likeness (QED) is 0.196. The first-order valence-corrected chi connectivity index (χ1v) is 13.1. The van der Waals surface area contributed by atoms with Crippen molar-refractivity contribution in [1.82, 2.24) is 0 Å². The van der Waals surface area contributed by atoms with Gasteiger partial charge in [-0.05, 0) is 54.3 Å². The molecule has 0 aliphatic heterocycles. The Morgan fingerprint density at radius 1 is 0.763 bits per heavy atom. The van der Waals surface area contributed by atoms with E-state index in [0.717, 1.165) is 47.3 Å². The third-order valence-corrected chi connectivity index (χ3v) is 6.27. The van der Waals surface area contributed by atoms with Crippen molar-refractivity contribution in [3.05, 3.63) is 102 Å². The van der Waals surface area contributed by atoms with Crippen molar-refractivity contribution in [3.63, 3.8) is 0 Å². The Bertz CT molecular complexity index is 1390. The van der Waals surface area contributed by atoms with E-state index < -0.39 is 0 Å². The van der Waals surface area contributed by atoms with Crippen LogP contribution in [-0.4, -0.2) is 18.3 Å². The van der Waals surface area contributed by atoms with Crippen LogP contribution < -0.4 is 14.2 Å². The van der Waals surface area contributed by atoms with Gasteiger partial charge in [-0.1, -0.05) is 68.8 Å². The molecule has 0 fully saturated rings.